The second kappa shape index (κ2) is 9.16. The van der Waals surface area contributed by atoms with Gasteiger partial charge in [-0.15, -0.1) is 0 Å². The van der Waals surface area contributed by atoms with Crippen LogP contribution in [-0.4, -0.2) is 25.8 Å². The van der Waals surface area contributed by atoms with E-state index in [0.29, 0.717) is 16.3 Å². The van der Waals surface area contributed by atoms with Gasteiger partial charge < -0.3 is 15.2 Å². The lowest BCUT2D eigenvalue weighted by molar-refractivity contribution is -0.136. The first-order valence-electron chi connectivity index (χ1n) is 9.95. The molecule has 0 saturated carbocycles. The molecule has 0 saturated heterocycles. The predicted octanol–water partition coefficient (Wildman–Crippen LogP) is 4.97. The van der Waals surface area contributed by atoms with Crippen molar-refractivity contribution in [1.29, 1.82) is 0 Å². The molecule has 32 heavy (non-hydrogen) atoms. The SMILES string of the molecule is COC(=O)/C(=C\c1ccc(Cl)c(N)c1)NC(=O)OCC1c2ccccc2-c2ccccc21. The Morgan fingerprint density at radius 3 is 2.25 bits per heavy atom. The van der Waals surface area contributed by atoms with Crippen molar-refractivity contribution >= 4 is 35.4 Å². The van der Waals surface area contributed by atoms with E-state index in [1.807, 2.05) is 36.4 Å². The number of carbonyl (C=O) groups excluding carboxylic acids is 2. The van der Waals surface area contributed by atoms with Crippen LogP contribution in [0.25, 0.3) is 17.2 Å². The smallest absolute Gasteiger partial charge is 0.411 e. The summed E-state index contributed by atoms with van der Waals surface area (Å²) in [4.78, 5) is 24.7. The van der Waals surface area contributed by atoms with Crippen molar-refractivity contribution < 1.29 is 19.1 Å². The number of fused-ring (bicyclic) bond motifs is 3. The third-order valence-corrected chi connectivity index (χ3v) is 5.66. The number of carbonyl (C=O) groups is 2. The number of nitrogen functional groups attached to an aromatic ring is 1. The summed E-state index contributed by atoms with van der Waals surface area (Å²) in [6.07, 6.45) is 0.686. The van der Waals surface area contributed by atoms with Gasteiger partial charge in [0.15, 0.2) is 0 Å². The van der Waals surface area contributed by atoms with Crippen LogP contribution in [0.2, 0.25) is 5.02 Å². The summed E-state index contributed by atoms with van der Waals surface area (Å²) >= 11 is 5.94. The highest BCUT2D eigenvalue weighted by Gasteiger charge is 2.29. The molecule has 0 heterocycles. The number of alkyl carbamates (subject to hydrolysis) is 1. The van der Waals surface area contributed by atoms with E-state index >= 15 is 0 Å². The van der Waals surface area contributed by atoms with Crippen molar-refractivity contribution in [3.05, 3.63) is 94.1 Å². The second-order valence-corrected chi connectivity index (χ2v) is 7.69. The zero-order valence-corrected chi connectivity index (χ0v) is 18.1. The van der Waals surface area contributed by atoms with Crippen LogP contribution < -0.4 is 11.1 Å². The van der Waals surface area contributed by atoms with Gasteiger partial charge in [-0.2, -0.15) is 0 Å². The Morgan fingerprint density at radius 1 is 1.03 bits per heavy atom. The van der Waals surface area contributed by atoms with Gasteiger partial charge in [-0.3, -0.25) is 5.32 Å². The van der Waals surface area contributed by atoms with Crippen LogP contribution in [0.1, 0.15) is 22.6 Å². The van der Waals surface area contributed by atoms with Gasteiger partial charge in [0.25, 0.3) is 0 Å². The average molecular weight is 449 g/mol. The first-order valence-corrected chi connectivity index (χ1v) is 10.3. The van der Waals surface area contributed by atoms with E-state index in [9.17, 15) is 9.59 Å². The van der Waals surface area contributed by atoms with Crippen molar-refractivity contribution in [3.8, 4) is 11.1 Å². The van der Waals surface area contributed by atoms with Crippen LogP contribution in [-0.2, 0) is 14.3 Å². The number of nitrogens with two attached hydrogens (primary N) is 1. The predicted molar refractivity (Wildman–Crippen MR) is 124 cm³/mol. The molecule has 3 aromatic carbocycles. The molecule has 7 heteroatoms. The molecular weight excluding hydrogens is 428 g/mol. The molecule has 1 amide bonds. The molecule has 4 rings (SSSR count). The lowest BCUT2D eigenvalue weighted by Gasteiger charge is -2.15. The molecule has 0 radical (unpaired) electrons. The average Bonchev–Trinajstić information content (AvgIpc) is 3.13. The number of halogens is 1. The molecule has 1 aliphatic rings. The number of esters is 1. The van der Waals surface area contributed by atoms with Gasteiger partial charge in [0.1, 0.15) is 12.3 Å². The van der Waals surface area contributed by atoms with Crippen LogP contribution in [0.3, 0.4) is 0 Å². The zero-order valence-electron chi connectivity index (χ0n) is 17.3. The van der Waals surface area contributed by atoms with Crippen molar-refractivity contribution in [2.75, 3.05) is 19.5 Å². The first-order chi connectivity index (χ1) is 15.5. The minimum Gasteiger partial charge on any atom is -0.464 e. The summed E-state index contributed by atoms with van der Waals surface area (Å²) in [5.41, 5.74) is 11.1. The van der Waals surface area contributed by atoms with E-state index in [0.717, 1.165) is 22.3 Å². The summed E-state index contributed by atoms with van der Waals surface area (Å²) in [7, 11) is 1.23. The Balaban J connectivity index is 1.50. The third-order valence-electron chi connectivity index (χ3n) is 5.32. The molecule has 0 aliphatic heterocycles. The number of amides is 1. The number of nitrogens with one attached hydrogen (secondary N) is 1. The maximum absolute atomic E-state index is 12.5. The molecule has 0 unspecified atom stereocenters. The van der Waals surface area contributed by atoms with Crippen LogP contribution in [0.4, 0.5) is 10.5 Å². The molecule has 3 N–H and O–H groups in total. The second-order valence-electron chi connectivity index (χ2n) is 7.28. The Hall–Kier alpha value is -3.77. The lowest BCUT2D eigenvalue weighted by Crippen LogP contribution is -2.29. The van der Waals surface area contributed by atoms with Crippen molar-refractivity contribution in [2.45, 2.75) is 5.92 Å². The molecule has 0 fully saturated rings. The summed E-state index contributed by atoms with van der Waals surface area (Å²) in [6, 6.07) is 21.0. The van der Waals surface area contributed by atoms with Crippen molar-refractivity contribution in [2.24, 2.45) is 0 Å². The van der Waals surface area contributed by atoms with Crippen LogP contribution in [0.15, 0.2) is 72.4 Å². The summed E-state index contributed by atoms with van der Waals surface area (Å²) in [6.45, 7) is 0.127. The number of hydrogen-bond acceptors (Lipinski definition) is 5. The Morgan fingerprint density at radius 2 is 1.66 bits per heavy atom. The van der Waals surface area contributed by atoms with E-state index in [2.05, 4.69) is 17.4 Å². The fourth-order valence-electron chi connectivity index (χ4n) is 3.82. The highest BCUT2D eigenvalue weighted by Crippen LogP contribution is 2.44. The minimum absolute atomic E-state index is 0.0774. The van der Waals surface area contributed by atoms with Gasteiger partial charge in [-0.1, -0.05) is 66.2 Å². The quantitative estimate of drug-likeness (QED) is 0.326. The van der Waals surface area contributed by atoms with E-state index in [1.54, 1.807) is 18.2 Å². The van der Waals surface area contributed by atoms with E-state index in [-0.39, 0.29) is 18.2 Å². The molecule has 0 spiro atoms. The topological polar surface area (TPSA) is 90.6 Å². The molecule has 0 atom stereocenters. The minimum atomic E-state index is -0.759. The highest BCUT2D eigenvalue weighted by molar-refractivity contribution is 6.33. The van der Waals surface area contributed by atoms with Gasteiger partial charge in [0.2, 0.25) is 0 Å². The van der Waals surface area contributed by atoms with Gasteiger partial charge in [-0.25, -0.2) is 9.59 Å². The van der Waals surface area contributed by atoms with Crippen LogP contribution >= 0.6 is 11.6 Å². The van der Waals surface area contributed by atoms with Gasteiger partial charge >= 0.3 is 12.1 Å². The Bertz CT molecular complexity index is 1180. The monoisotopic (exact) mass is 448 g/mol. The fraction of sp³-hybridized carbons (Fsp3) is 0.120. The lowest BCUT2D eigenvalue weighted by atomic mass is 9.98. The molecule has 162 valence electrons. The van der Waals surface area contributed by atoms with Crippen LogP contribution in [0.5, 0.6) is 0 Å². The molecule has 3 aromatic rings. The number of methoxy groups -OCH3 is 1. The Kier molecular flexibility index (Phi) is 6.14. The van der Waals surface area contributed by atoms with E-state index in [1.165, 1.54) is 13.2 Å². The number of benzene rings is 3. The number of ether oxygens (including phenoxy) is 2. The maximum Gasteiger partial charge on any atom is 0.411 e. The summed E-state index contributed by atoms with van der Waals surface area (Å²) in [5.74, 6) is -0.804. The molecule has 6 nitrogen and oxygen atoms in total. The third kappa shape index (κ3) is 4.31. The molecule has 1 aliphatic carbocycles. The van der Waals surface area contributed by atoms with E-state index in [4.69, 9.17) is 26.8 Å². The van der Waals surface area contributed by atoms with Crippen molar-refractivity contribution in [3.63, 3.8) is 0 Å². The normalized spacial score (nSPS) is 12.6. The largest absolute Gasteiger partial charge is 0.464 e. The Labute approximate surface area is 190 Å². The number of rotatable bonds is 5. The first kappa shape index (κ1) is 21.5. The highest BCUT2D eigenvalue weighted by atomic mass is 35.5. The summed E-state index contributed by atoms with van der Waals surface area (Å²) in [5, 5.41) is 2.87. The number of hydrogen-bond donors (Lipinski definition) is 2. The summed E-state index contributed by atoms with van der Waals surface area (Å²) < 4.78 is 10.3. The molecule has 0 bridgehead atoms. The van der Waals surface area contributed by atoms with Gasteiger partial charge in [0, 0.05) is 5.92 Å². The zero-order chi connectivity index (χ0) is 22.7. The standard InChI is InChI=1S/C25H21ClN2O4/c1-31-24(29)23(13-15-10-11-21(26)22(27)12-15)28-25(30)32-14-20-18-8-4-2-6-16(18)17-7-3-5-9-19(17)20/h2-13,20H,14,27H2,1H3,(H,28,30)/b23-13+. The fourth-order valence-corrected chi connectivity index (χ4v) is 3.94. The number of anilines is 1. The van der Waals surface area contributed by atoms with Gasteiger partial charge in [-0.05, 0) is 46.0 Å². The molecule has 0 aromatic heterocycles. The van der Waals surface area contributed by atoms with E-state index < -0.39 is 12.1 Å². The van der Waals surface area contributed by atoms with Crippen LogP contribution in [0, 0.1) is 0 Å². The maximum atomic E-state index is 12.5. The van der Waals surface area contributed by atoms with Gasteiger partial charge in [0.05, 0.1) is 17.8 Å². The molecular formula is C25H21ClN2O4. The van der Waals surface area contributed by atoms with Crippen molar-refractivity contribution in [1.82, 2.24) is 5.32 Å².